The van der Waals surface area contributed by atoms with E-state index < -0.39 is 0 Å². The highest BCUT2D eigenvalue weighted by molar-refractivity contribution is 5.19. The molecule has 3 aliphatic rings. The molecule has 0 aliphatic heterocycles. The minimum Gasteiger partial charge on any atom is -0.392 e. The van der Waals surface area contributed by atoms with Gasteiger partial charge >= 0.3 is 0 Å². The first-order valence-electron chi connectivity index (χ1n) is 7.10. The standard InChI is InChI=1S/C15H26O/c1-9(2)10-5-7-14(3)11-6-8-15(14,4)13(16)12(10)11/h9-13,16H,5-8H2,1-4H3/t10-,11+,12+,13-,14+,15+/m1/s1. The molecule has 0 spiro atoms. The molecule has 1 heteroatoms. The van der Waals surface area contributed by atoms with E-state index in [9.17, 15) is 5.11 Å². The van der Waals surface area contributed by atoms with Crippen LogP contribution >= 0.6 is 0 Å². The lowest BCUT2D eigenvalue weighted by Gasteiger charge is -2.43. The van der Waals surface area contributed by atoms with Crippen LogP contribution in [-0.2, 0) is 0 Å². The van der Waals surface area contributed by atoms with Crippen LogP contribution in [-0.4, -0.2) is 11.2 Å². The van der Waals surface area contributed by atoms with Crippen LogP contribution in [0.3, 0.4) is 0 Å². The van der Waals surface area contributed by atoms with Gasteiger partial charge in [-0.15, -0.1) is 0 Å². The Hall–Kier alpha value is -0.0400. The van der Waals surface area contributed by atoms with Gasteiger partial charge in [-0.3, -0.25) is 0 Å². The van der Waals surface area contributed by atoms with Gasteiger partial charge in [-0.2, -0.15) is 0 Å². The molecule has 0 heterocycles. The van der Waals surface area contributed by atoms with Crippen LogP contribution in [0, 0.1) is 34.5 Å². The number of hydrogen-bond acceptors (Lipinski definition) is 1. The molecule has 0 aromatic rings. The number of rotatable bonds is 1. The summed E-state index contributed by atoms with van der Waals surface area (Å²) in [4.78, 5) is 0. The third-order valence-electron chi connectivity index (χ3n) is 6.93. The van der Waals surface area contributed by atoms with Gasteiger partial charge in [0.1, 0.15) is 0 Å². The Morgan fingerprint density at radius 2 is 1.69 bits per heavy atom. The summed E-state index contributed by atoms with van der Waals surface area (Å²) in [5, 5.41) is 10.7. The molecule has 4 bridgehead atoms. The second-order valence-corrected chi connectivity index (χ2v) is 7.45. The van der Waals surface area contributed by atoms with E-state index in [2.05, 4.69) is 27.7 Å². The predicted molar refractivity (Wildman–Crippen MR) is 66.0 cm³/mol. The summed E-state index contributed by atoms with van der Waals surface area (Å²) in [6.07, 6.45) is 5.31. The van der Waals surface area contributed by atoms with Crippen molar-refractivity contribution in [2.45, 2.75) is 59.5 Å². The topological polar surface area (TPSA) is 20.2 Å². The van der Waals surface area contributed by atoms with E-state index in [0.29, 0.717) is 11.3 Å². The molecule has 92 valence electrons. The molecule has 3 saturated carbocycles. The summed E-state index contributed by atoms with van der Waals surface area (Å²) in [5.41, 5.74) is 0.675. The van der Waals surface area contributed by atoms with Crippen LogP contribution in [0.5, 0.6) is 0 Å². The van der Waals surface area contributed by atoms with Crippen LogP contribution in [0.4, 0.5) is 0 Å². The fourth-order valence-electron chi connectivity index (χ4n) is 5.67. The summed E-state index contributed by atoms with van der Waals surface area (Å²) in [5.74, 6) is 2.94. The van der Waals surface area contributed by atoms with Crippen molar-refractivity contribution >= 4 is 0 Å². The highest BCUT2D eigenvalue weighted by Gasteiger charge is 2.70. The molecular formula is C15H26O. The van der Waals surface area contributed by atoms with Crippen molar-refractivity contribution in [3.63, 3.8) is 0 Å². The van der Waals surface area contributed by atoms with Gasteiger partial charge in [0.2, 0.25) is 0 Å². The first-order valence-corrected chi connectivity index (χ1v) is 7.10. The van der Waals surface area contributed by atoms with Gasteiger partial charge in [-0.25, -0.2) is 0 Å². The van der Waals surface area contributed by atoms with Gasteiger partial charge in [0.05, 0.1) is 6.10 Å². The van der Waals surface area contributed by atoms with Crippen molar-refractivity contribution in [2.75, 3.05) is 0 Å². The van der Waals surface area contributed by atoms with Gasteiger partial charge in [-0.05, 0) is 60.2 Å². The highest BCUT2D eigenvalue weighted by Crippen LogP contribution is 2.74. The molecule has 0 aromatic carbocycles. The van der Waals surface area contributed by atoms with E-state index in [-0.39, 0.29) is 11.5 Å². The zero-order chi connectivity index (χ0) is 11.7. The summed E-state index contributed by atoms with van der Waals surface area (Å²) in [7, 11) is 0. The van der Waals surface area contributed by atoms with Crippen LogP contribution in [0.1, 0.15) is 53.4 Å². The normalized spacial score (nSPS) is 59.6. The first kappa shape index (κ1) is 11.1. The van der Waals surface area contributed by atoms with Crippen molar-refractivity contribution in [1.82, 2.24) is 0 Å². The van der Waals surface area contributed by atoms with E-state index in [4.69, 9.17) is 0 Å². The molecular weight excluding hydrogens is 196 g/mol. The molecule has 3 fully saturated rings. The maximum absolute atomic E-state index is 10.7. The minimum absolute atomic E-state index is 0.0221. The molecule has 1 N–H and O–H groups in total. The van der Waals surface area contributed by atoms with Gasteiger partial charge in [0.15, 0.2) is 0 Å². The maximum Gasteiger partial charge on any atom is 0.0632 e. The summed E-state index contributed by atoms with van der Waals surface area (Å²) >= 11 is 0. The zero-order valence-electron chi connectivity index (χ0n) is 11.2. The Morgan fingerprint density at radius 3 is 2.31 bits per heavy atom. The Bertz CT molecular complexity index is 309. The molecule has 0 radical (unpaired) electrons. The molecule has 0 unspecified atom stereocenters. The second kappa shape index (κ2) is 3.04. The van der Waals surface area contributed by atoms with Crippen molar-refractivity contribution < 1.29 is 5.11 Å². The van der Waals surface area contributed by atoms with Gasteiger partial charge in [0, 0.05) is 0 Å². The molecule has 0 saturated heterocycles. The third kappa shape index (κ3) is 0.978. The first-order chi connectivity index (χ1) is 7.42. The molecule has 3 rings (SSSR count). The fraction of sp³-hybridized carbons (Fsp3) is 1.00. The number of hydrogen-bond donors (Lipinski definition) is 1. The largest absolute Gasteiger partial charge is 0.392 e. The van der Waals surface area contributed by atoms with Crippen LogP contribution < -0.4 is 0 Å². The van der Waals surface area contributed by atoms with E-state index in [1.807, 2.05) is 0 Å². The SMILES string of the molecule is CC(C)[C@H]1CC[C@@]2(C)[C@H]3CC[C@@]2(C)[C@H](O)[C@@H]13. The van der Waals surface area contributed by atoms with E-state index in [1.165, 1.54) is 25.7 Å². The maximum atomic E-state index is 10.7. The smallest absolute Gasteiger partial charge is 0.0632 e. The molecule has 6 atom stereocenters. The Balaban J connectivity index is 2.03. The van der Waals surface area contributed by atoms with Gasteiger partial charge < -0.3 is 5.11 Å². The molecule has 1 nitrogen and oxygen atoms in total. The van der Waals surface area contributed by atoms with E-state index >= 15 is 0 Å². The molecule has 16 heavy (non-hydrogen) atoms. The van der Waals surface area contributed by atoms with Crippen molar-refractivity contribution in [1.29, 1.82) is 0 Å². The quantitative estimate of drug-likeness (QED) is 0.720. The van der Waals surface area contributed by atoms with Gasteiger partial charge in [-0.1, -0.05) is 27.7 Å². The fourth-order valence-corrected chi connectivity index (χ4v) is 5.67. The lowest BCUT2D eigenvalue weighted by Crippen LogP contribution is -2.39. The average Bonchev–Trinajstić information content (AvgIpc) is 2.53. The molecule has 0 aromatic heterocycles. The van der Waals surface area contributed by atoms with Crippen molar-refractivity contribution in [3.05, 3.63) is 0 Å². The minimum atomic E-state index is -0.0221. The summed E-state index contributed by atoms with van der Waals surface area (Å²) < 4.78 is 0. The Kier molecular flexibility index (Phi) is 2.11. The monoisotopic (exact) mass is 222 g/mol. The van der Waals surface area contributed by atoms with Crippen LogP contribution in [0.15, 0.2) is 0 Å². The molecule has 0 amide bonds. The van der Waals surface area contributed by atoms with Crippen molar-refractivity contribution in [3.8, 4) is 0 Å². The second-order valence-electron chi connectivity index (χ2n) is 7.45. The van der Waals surface area contributed by atoms with E-state index in [0.717, 1.165) is 17.8 Å². The highest BCUT2D eigenvalue weighted by atomic mass is 16.3. The van der Waals surface area contributed by atoms with Gasteiger partial charge in [0.25, 0.3) is 0 Å². The average molecular weight is 222 g/mol. The Morgan fingerprint density at radius 1 is 1.06 bits per heavy atom. The van der Waals surface area contributed by atoms with Crippen LogP contribution in [0.25, 0.3) is 0 Å². The number of aliphatic hydroxyl groups is 1. The summed E-state index contributed by atoms with van der Waals surface area (Å²) in [6, 6.07) is 0. The third-order valence-corrected chi connectivity index (χ3v) is 6.93. The van der Waals surface area contributed by atoms with E-state index in [1.54, 1.807) is 0 Å². The predicted octanol–water partition coefficient (Wildman–Crippen LogP) is 3.47. The lowest BCUT2D eigenvalue weighted by atomic mass is 9.61. The summed E-state index contributed by atoms with van der Waals surface area (Å²) in [6.45, 7) is 9.51. The zero-order valence-corrected chi connectivity index (χ0v) is 11.2. The van der Waals surface area contributed by atoms with Crippen molar-refractivity contribution in [2.24, 2.45) is 34.5 Å². The van der Waals surface area contributed by atoms with Crippen LogP contribution in [0.2, 0.25) is 0 Å². The number of aliphatic hydroxyl groups excluding tert-OH is 1. The lowest BCUT2D eigenvalue weighted by molar-refractivity contribution is -0.0215. The molecule has 3 aliphatic carbocycles. The Labute approximate surface area is 99.6 Å².